The summed E-state index contributed by atoms with van der Waals surface area (Å²) < 4.78 is 11.0. The van der Waals surface area contributed by atoms with Crippen molar-refractivity contribution in [2.45, 2.75) is 44.9 Å². The fraction of sp³-hybridized carbons (Fsp3) is 0.500. The lowest BCUT2D eigenvalue weighted by atomic mass is 10.2. The first-order valence-corrected chi connectivity index (χ1v) is 8.65. The summed E-state index contributed by atoms with van der Waals surface area (Å²) in [6, 6.07) is 1.86. The number of halogens is 3. The fourth-order valence-corrected chi connectivity index (χ4v) is 2.99. The number of carbonyl (C=O) groups is 2. The van der Waals surface area contributed by atoms with Crippen LogP contribution in [-0.2, 0) is 9.53 Å². The predicted molar refractivity (Wildman–Crippen MR) is 94.9 cm³/mol. The van der Waals surface area contributed by atoms with Crippen molar-refractivity contribution in [3.05, 3.63) is 27.2 Å². The van der Waals surface area contributed by atoms with Gasteiger partial charge in [-0.3, -0.25) is 4.90 Å². The Balaban J connectivity index is 2.15. The van der Waals surface area contributed by atoms with E-state index < -0.39 is 29.8 Å². The number of hydrogen-bond donors (Lipinski definition) is 1. The molecule has 0 saturated carbocycles. The smallest absolute Gasteiger partial charge is 0.411 e. The largest absolute Gasteiger partial charge is 0.487 e. The first-order chi connectivity index (χ1) is 11.5. The number of amides is 1. The van der Waals surface area contributed by atoms with E-state index in [9.17, 15) is 14.7 Å². The van der Waals surface area contributed by atoms with E-state index in [4.69, 9.17) is 44.3 Å². The van der Waals surface area contributed by atoms with E-state index in [-0.39, 0.29) is 33.8 Å². The van der Waals surface area contributed by atoms with Crippen LogP contribution >= 0.6 is 34.8 Å². The lowest BCUT2D eigenvalue weighted by Gasteiger charge is -2.26. The minimum atomic E-state index is -1.13. The van der Waals surface area contributed by atoms with E-state index in [0.717, 1.165) is 4.90 Å². The van der Waals surface area contributed by atoms with Gasteiger partial charge in [-0.05, 0) is 26.8 Å². The molecule has 0 aliphatic carbocycles. The Kier molecular flexibility index (Phi) is 5.97. The maximum Gasteiger partial charge on any atom is 0.411 e. The van der Waals surface area contributed by atoms with Gasteiger partial charge >= 0.3 is 12.1 Å². The van der Waals surface area contributed by atoms with Gasteiger partial charge in [0, 0.05) is 12.5 Å². The molecule has 1 amide bonds. The molecule has 0 aromatic heterocycles. The molecule has 1 N–H and O–H groups in total. The van der Waals surface area contributed by atoms with Gasteiger partial charge in [0.1, 0.15) is 23.5 Å². The molecule has 1 aromatic carbocycles. The molecule has 0 radical (unpaired) electrons. The van der Waals surface area contributed by atoms with Crippen molar-refractivity contribution < 1.29 is 24.2 Å². The summed E-state index contributed by atoms with van der Waals surface area (Å²) >= 11 is 17.9. The molecule has 0 unspecified atom stereocenters. The number of likely N-dealkylation sites (tertiary alicyclic amines) is 1. The van der Waals surface area contributed by atoms with Crippen molar-refractivity contribution in [2.75, 3.05) is 6.54 Å². The summed E-state index contributed by atoms with van der Waals surface area (Å²) in [5.74, 6) is -0.853. The molecule has 1 aliphatic rings. The lowest BCUT2D eigenvalue weighted by Crippen LogP contribution is -2.43. The van der Waals surface area contributed by atoms with Crippen LogP contribution in [-0.4, -0.2) is 46.4 Å². The monoisotopic (exact) mass is 409 g/mol. The molecular formula is C16H18Cl3NO5. The van der Waals surface area contributed by atoms with Crippen molar-refractivity contribution in [3.63, 3.8) is 0 Å². The van der Waals surface area contributed by atoms with Gasteiger partial charge in [-0.15, -0.1) is 0 Å². The van der Waals surface area contributed by atoms with Crippen molar-refractivity contribution >= 4 is 46.9 Å². The second kappa shape index (κ2) is 7.48. The molecule has 25 heavy (non-hydrogen) atoms. The molecule has 2 atom stereocenters. The van der Waals surface area contributed by atoms with Gasteiger partial charge in [-0.2, -0.15) is 0 Å². The molecular weight excluding hydrogens is 393 g/mol. The second-order valence-corrected chi connectivity index (χ2v) is 7.88. The topological polar surface area (TPSA) is 76.1 Å². The third-order valence-corrected chi connectivity index (χ3v) is 4.46. The minimum Gasteiger partial charge on any atom is -0.487 e. The Morgan fingerprint density at radius 2 is 1.76 bits per heavy atom. The van der Waals surface area contributed by atoms with Gasteiger partial charge < -0.3 is 14.6 Å². The number of hydrogen-bond acceptors (Lipinski definition) is 4. The maximum atomic E-state index is 12.3. The number of carbonyl (C=O) groups excluding carboxylic acids is 1. The van der Waals surface area contributed by atoms with E-state index >= 15 is 0 Å². The molecule has 0 bridgehead atoms. The van der Waals surface area contributed by atoms with Crippen LogP contribution in [0.15, 0.2) is 12.1 Å². The highest BCUT2D eigenvalue weighted by Crippen LogP contribution is 2.36. The number of ether oxygens (including phenoxy) is 2. The molecule has 1 aromatic rings. The van der Waals surface area contributed by atoms with Crippen molar-refractivity contribution in [1.29, 1.82) is 0 Å². The normalized spacial score (nSPS) is 20.5. The summed E-state index contributed by atoms with van der Waals surface area (Å²) in [6.07, 6.45) is -1.17. The minimum absolute atomic E-state index is 0.0580. The van der Waals surface area contributed by atoms with Crippen LogP contribution in [0.2, 0.25) is 15.1 Å². The average molecular weight is 411 g/mol. The Morgan fingerprint density at radius 1 is 1.16 bits per heavy atom. The summed E-state index contributed by atoms with van der Waals surface area (Å²) in [6.45, 7) is 5.18. The number of carboxylic acid groups (broad SMARTS) is 1. The summed E-state index contributed by atoms with van der Waals surface area (Å²) in [5, 5.41) is 10.2. The third-order valence-electron chi connectivity index (χ3n) is 3.44. The summed E-state index contributed by atoms with van der Waals surface area (Å²) in [7, 11) is 0. The van der Waals surface area contributed by atoms with Crippen LogP contribution in [0.1, 0.15) is 27.2 Å². The first kappa shape index (κ1) is 19.9. The van der Waals surface area contributed by atoms with Gasteiger partial charge in [0.2, 0.25) is 0 Å². The fourth-order valence-electron chi connectivity index (χ4n) is 2.41. The summed E-state index contributed by atoms with van der Waals surface area (Å²) in [4.78, 5) is 24.9. The predicted octanol–water partition coefficient (Wildman–Crippen LogP) is 4.49. The molecule has 1 fully saturated rings. The van der Waals surface area contributed by atoms with Crippen LogP contribution < -0.4 is 4.74 Å². The first-order valence-electron chi connectivity index (χ1n) is 7.51. The molecule has 1 saturated heterocycles. The van der Waals surface area contributed by atoms with Crippen molar-refractivity contribution in [2.24, 2.45) is 0 Å². The Bertz CT molecular complexity index is 689. The van der Waals surface area contributed by atoms with Gasteiger partial charge in [0.25, 0.3) is 0 Å². The van der Waals surface area contributed by atoms with Crippen LogP contribution in [0.3, 0.4) is 0 Å². The van der Waals surface area contributed by atoms with E-state index in [1.807, 2.05) is 0 Å². The van der Waals surface area contributed by atoms with Crippen molar-refractivity contribution in [1.82, 2.24) is 4.90 Å². The molecule has 138 valence electrons. The number of aliphatic carboxylic acids is 1. The zero-order valence-electron chi connectivity index (χ0n) is 13.9. The molecule has 1 aliphatic heterocycles. The number of benzene rings is 1. The van der Waals surface area contributed by atoms with Crippen LogP contribution in [0, 0.1) is 0 Å². The van der Waals surface area contributed by atoms with Gasteiger partial charge in [0.15, 0.2) is 0 Å². The SMILES string of the molecule is CC(C)(C)OC(=O)N1C[C@@H](Oc2cc(Cl)c(Cl)cc2Cl)C[C@H]1C(=O)O. The zero-order valence-corrected chi connectivity index (χ0v) is 16.2. The van der Waals surface area contributed by atoms with Crippen LogP contribution in [0.5, 0.6) is 5.75 Å². The lowest BCUT2D eigenvalue weighted by molar-refractivity contribution is -0.142. The highest BCUT2D eigenvalue weighted by molar-refractivity contribution is 6.43. The maximum absolute atomic E-state index is 12.3. The number of nitrogens with zero attached hydrogens (tertiary/aromatic N) is 1. The van der Waals surface area contributed by atoms with E-state index in [1.54, 1.807) is 20.8 Å². The van der Waals surface area contributed by atoms with E-state index in [1.165, 1.54) is 12.1 Å². The Hall–Kier alpha value is -1.37. The standard InChI is InChI=1S/C16H18Cl3NO5/c1-16(2,3)25-15(23)20-7-8(4-12(20)14(21)22)24-13-6-10(18)9(17)5-11(13)19/h5-6,8,12H,4,7H2,1-3H3,(H,21,22)/t8-,12-/m0/s1. The van der Waals surface area contributed by atoms with Crippen LogP contribution in [0.4, 0.5) is 4.79 Å². The highest BCUT2D eigenvalue weighted by atomic mass is 35.5. The molecule has 9 heteroatoms. The molecule has 6 nitrogen and oxygen atoms in total. The average Bonchev–Trinajstić information content (AvgIpc) is 2.87. The molecule has 2 rings (SSSR count). The molecule has 1 heterocycles. The van der Waals surface area contributed by atoms with Crippen LogP contribution in [0.25, 0.3) is 0 Å². The molecule has 0 spiro atoms. The quantitative estimate of drug-likeness (QED) is 0.743. The van der Waals surface area contributed by atoms with E-state index in [2.05, 4.69) is 0 Å². The highest BCUT2D eigenvalue weighted by Gasteiger charge is 2.42. The van der Waals surface area contributed by atoms with Crippen molar-refractivity contribution in [3.8, 4) is 5.75 Å². The van der Waals surface area contributed by atoms with Gasteiger partial charge in [-0.25, -0.2) is 9.59 Å². The van der Waals surface area contributed by atoms with E-state index in [0.29, 0.717) is 0 Å². The third kappa shape index (κ3) is 5.06. The Morgan fingerprint density at radius 3 is 2.32 bits per heavy atom. The van der Waals surface area contributed by atoms with Gasteiger partial charge in [0.05, 0.1) is 21.6 Å². The number of rotatable bonds is 3. The van der Waals surface area contributed by atoms with Gasteiger partial charge in [-0.1, -0.05) is 34.8 Å². The zero-order chi connectivity index (χ0) is 18.9. The second-order valence-electron chi connectivity index (χ2n) is 6.66. The number of carboxylic acids is 1. The summed E-state index contributed by atoms with van der Waals surface area (Å²) in [5.41, 5.74) is -0.730. The Labute approximate surface area is 160 Å².